The highest BCUT2D eigenvalue weighted by molar-refractivity contribution is 8.00. The molecule has 0 spiro atoms. The van der Waals surface area contributed by atoms with E-state index in [9.17, 15) is 4.79 Å². The molecule has 3 nitrogen and oxygen atoms in total. The van der Waals surface area contributed by atoms with Crippen LogP contribution < -0.4 is 10.6 Å². The quantitative estimate of drug-likeness (QED) is 0.846. The maximum atomic E-state index is 12.0. The number of hydrogen-bond acceptors (Lipinski definition) is 3. The number of aryl methyl sites for hydroxylation is 1. The molecule has 0 saturated heterocycles. The topological polar surface area (TPSA) is 41.1 Å². The average molecular weight is 292 g/mol. The molecule has 0 aliphatic heterocycles. The van der Waals surface area contributed by atoms with E-state index in [1.165, 1.54) is 25.7 Å². The summed E-state index contributed by atoms with van der Waals surface area (Å²) in [5, 5.41) is 6.28. The Balaban J connectivity index is 1.77. The number of anilines is 1. The minimum absolute atomic E-state index is 0.0357. The minimum Gasteiger partial charge on any atom is -0.325 e. The molecule has 2 N–H and O–H groups in total. The molecule has 0 bridgehead atoms. The Morgan fingerprint density at radius 3 is 2.65 bits per heavy atom. The van der Waals surface area contributed by atoms with Gasteiger partial charge in [-0.25, -0.2) is 0 Å². The molecule has 1 aliphatic carbocycles. The van der Waals surface area contributed by atoms with E-state index in [0.29, 0.717) is 11.3 Å². The molecule has 2 rings (SSSR count). The number of para-hydroxylation sites is 1. The lowest BCUT2D eigenvalue weighted by Gasteiger charge is -2.26. The fourth-order valence-electron chi connectivity index (χ4n) is 2.78. The predicted octanol–water partition coefficient (Wildman–Crippen LogP) is 3.20. The Morgan fingerprint density at radius 1 is 1.30 bits per heavy atom. The Labute approximate surface area is 125 Å². The van der Waals surface area contributed by atoms with Crippen LogP contribution in [0.4, 0.5) is 5.69 Å². The summed E-state index contributed by atoms with van der Waals surface area (Å²) >= 11 is 1.94. The third kappa shape index (κ3) is 4.00. The predicted molar refractivity (Wildman–Crippen MR) is 87.4 cm³/mol. The number of amides is 1. The summed E-state index contributed by atoms with van der Waals surface area (Å²) in [6, 6.07) is 7.86. The van der Waals surface area contributed by atoms with Gasteiger partial charge in [-0.05, 0) is 37.7 Å². The summed E-state index contributed by atoms with van der Waals surface area (Å²) in [6.45, 7) is 3.32. The molecule has 0 aromatic heterocycles. The van der Waals surface area contributed by atoms with Crippen molar-refractivity contribution in [3.05, 3.63) is 29.8 Å². The molecule has 1 saturated carbocycles. The molecule has 0 heterocycles. The van der Waals surface area contributed by atoms with Crippen LogP contribution in [0.3, 0.4) is 0 Å². The van der Waals surface area contributed by atoms with Gasteiger partial charge in [0.15, 0.2) is 0 Å². The van der Waals surface area contributed by atoms with Gasteiger partial charge in [0.25, 0.3) is 0 Å². The van der Waals surface area contributed by atoms with E-state index >= 15 is 0 Å². The third-order valence-electron chi connectivity index (χ3n) is 4.10. The van der Waals surface area contributed by atoms with Gasteiger partial charge in [-0.3, -0.25) is 4.79 Å². The van der Waals surface area contributed by atoms with Crippen LogP contribution in [0, 0.1) is 6.92 Å². The zero-order valence-electron chi connectivity index (χ0n) is 12.4. The van der Waals surface area contributed by atoms with Crippen LogP contribution in [0.15, 0.2) is 24.3 Å². The molecular formula is C16H24N2OS. The third-order valence-corrected chi connectivity index (χ3v) is 5.52. The Kier molecular flexibility index (Phi) is 5.49. The first-order valence-corrected chi connectivity index (χ1v) is 8.49. The van der Waals surface area contributed by atoms with Crippen molar-refractivity contribution in [3.8, 4) is 0 Å². The lowest BCUT2D eigenvalue weighted by Crippen LogP contribution is -2.39. The van der Waals surface area contributed by atoms with Gasteiger partial charge in [0.2, 0.25) is 5.91 Å². The summed E-state index contributed by atoms with van der Waals surface area (Å²) in [5.74, 6) is 0.0357. The van der Waals surface area contributed by atoms with Gasteiger partial charge in [0.1, 0.15) is 0 Å². The van der Waals surface area contributed by atoms with Crippen LogP contribution in [0.1, 0.15) is 31.2 Å². The van der Waals surface area contributed by atoms with E-state index in [4.69, 9.17) is 0 Å². The molecule has 4 heteroatoms. The molecule has 1 aromatic rings. The van der Waals surface area contributed by atoms with Crippen LogP contribution >= 0.6 is 11.8 Å². The highest BCUT2D eigenvalue weighted by Gasteiger charge is 2.32. The molecule has 20 heavy (non-hydrogen) atoms. The maximum absolute atomic E-state index is 12.0. The van der Waals surface area contributed by atoms with Crippen molar-refractivity contribution < 1.29 is 4.79 Å². The summed E-state index contributed by atoms with van der Waals surface area (Å²) in [7, 11) is 0. The summed E-state index contributed by atoms with van der Waals surface area (Å²) in [6.07, 6.45) is 7.34. The van der Waals surface area contributed by atoms with Gasteiger partial charge in [-0.1, -0.05) is 31.0 Å². The molecule has 1 fully saturated rings. The second kappa shape index (κ2) is 7.14. The monoisotopic (exact) mass is 292 g/mol. The fraction of sp³-hybridized carbons (Fsp3) is 0.562. The van der Waals surface area contributed by atoms with Crippen molar-refractivity contribution in [2.24, 2.45) is 0 Å². The molecule has 0 unspecified atom stereocenters. The Hall–Kier alpha value is -1.00. The smallest absolute Gasteiger partial charge is 0.238 e. The first-order chi connectivity index (χ1) is 9.65. The van der Waals surface area contributed by atoms with E-state index in [1.54, 1.807) is 0 Å². The lowest BCUT2D eigenvalue weighted by molar-refractivity contribution is -0.115. The van der Waals surface area contributed by atoms with Gasteiger partial charge >= 0.3 is 0 Å². The number of benzene rings is 1. The van der Waals surface area contributed by atoms with Gasteiger partial charge in [0.05, 0.1) is 6.54 Å². The molecular weight excluding hydrogens is 268 g/mol. The molecule has 1 aliphatic rings. The van der Waals surface area contributed by atoms with E-state index in [0.717, 1.165) is 17.8 Å². The van der Waals surface area contributed by atoms with Crippen LogP contribution in [-0.4, -0.2) is 30.0 Å². The van der Waals surface area contributed by atoms with Crippen LogP contribution in [0.5, 0.6) is 0 Å². The van der Waals surface area contributed by atoms with E-state index in [1.807, 2.05) is 43.0 Å². The first-order valence-electron chi connectivity index (χ1n) is 7.27. The molecule has 0 atom stereocenters. The number of nitrogens with one attached hydrogen (secondary N) is 2. The van der Waals surface area contributed by atoms with Crippen molar-refractivity contribution in [3.63, 3.8) is 0 Å². The lowest BCUT2D eigenvalue weighted by atomic mass is 10.1. The molecule has 0 radical (unpaired) electrons. The molecule has 110 valence electrons. The zero-order chi connectivity index (χ0) is 14.4. The number of thioether (sulfide) groups is 1. The van der Waals surface area contributed by atoms with Crippen molar-refractivity contribution in [1.29, 1.82) is 0 Å². The Bertz CT molecular complexity index is 456. The summed E-state index contributed by atoms with van der Waals surface area (Å²) in [4.78, 5) is 12.0. The highest BCUT2D eigenvalue weighted by Crippen LogP contribution is 2.39. The van der Waals surface area contributed by atoms with Gasteiger partial charge < -0.3 is 10.6 Å². The largest absolute Gasteiger partial charge is 0.325 e. The second-order valence-corrected chi connectivity index (χ2v) is 6.84. The van der Waals surface area contributed by atoms with E-state index in [-0.39, 0.29) is 5.91 Å². The average Bonchev–Trinajstić information content (AvgIpc) is 2.91. The number of rotatable bonds is 6. The molecule has 1 aromatic carbocycles. The highest BCUT2D eigenvalue weighted by atomic mass is 32.2. The normalized spacial score (nSPS) is 17.1. The van der Waals surface area contributed by atoms with Crippen molar-refractivity contribution in [2.75, 3.05) is 24.7 Å². The van der Waals surface area contributed by atoms with Crippen LogP contribution in [0.2, 0.25) is 0 Å². The standard InChI is InChI=1S/C16H24N2OS/c1-13-7-3-4-8-14(13)18-15(19)11-17-12-16(20-2)9-5-6-10-16/h3-4,7-8,17H,5-6,9-12H2,1-2H3,(H,18,19). The maximum Gasteiger partial charge on any atom is 0.238 e. The number of carbonyl (C=O) groups is 1. The minimum atomic E-state index is 0.0357. The zero-order valence-corrected chi connectivity index (χ0v) is 13.2. The SMILES string of the molecule is CSC1(CNCC(=O)Nc2ccccc2C)CCCC1. The second-order valence-electron chi connectivity index (χ2n) is 5.56. The van der Waals surface area contributed by atoms with Crippen LogP contribution in [-0.2, 0) is 4.79 Å². The van der Waals surface area contributed by atoms with Gasteiger partial charge in [0, 0.05) is 17.0 Å². The van der Waals surface area contributed by atoms with E-state index < -0.39 is 0 Å². The fourth-order valence-corrected chi connectivity index (χ4v) is 3.73. The van der Waals surface area contributed by atoms with Gasteiger partial charge in [-0.2, -0.15) is 11.8 Å². The first kappa shape index (κ1) is 15.4. The van der Waals surface area contributed by atoms with Crippen molar-refractivity contribution >= 4 is 23.4 Å². The number of carbonyl (C=O) groups excluding carboxylic acids is 1. The van der Waals surface area contributed by atoms with Gasteiger partial charge in [-0.15, -0.1) is 0 Å². The van der Waals surface area contributed by atoms with Crippen molar-refractivity contribution in [2.45, 2.75) is 37.4 Å². The summed E-state index contributed by atoms with van der Waals surface area (Å²) < 4.78 is 0.350. The van der Waals surface area contributed by atoms with Crippen LogP contribution in [0.25, 0.3) is 0 Å². The van der Waals surface area contributed by atoms with Crippen molar-refractivity contribution in [1.82, 2.24) is 5.32 Å². The number of hydrogen-bond donors (Lipinski definition) is 2. The summed E-state index contributed by atoms with van der Waals surface area (Å²) in [5.41, 5.74) is 2.00. The molecule has 1 amide bonds. The Morgan fingerprint density at radius 2 is 2.00 bits per heavy atom. The van der Waals surface area contributed by atoms with E-state index in [2.05, 4.69) is 16.9 Å².